The molecular formula is C23H32N2O6SSi. The lowest BCUT2D eigenvalue weighted by molar-refractivity contribution is -0.384. The van der Waals surface area contributed by atoms with Gasteiger partial charge in [0.1, 0.15) is 5.70 Å². The minimum atomic E-state index is -1.97. The maximum absolute atomic E-state index is 12.3. The third-order valence-corrected chi connectivity index (χ3v) is 13.2. The number of nitro benzene ring substituents is 1. The van der Waals surface area contributed by atoms with E-state index in [1.54, 1.807) is 12.1 Å². The number of aliphatic carboxylic acids is 1. The molecule has 10 heteroatoms. The van der Waals surface area contributed by atoms with Crippen molar-refractivity contribution < 1.29 is 24.0 Å². The molecule has 1 saturated heterocycles. The summed E-state index contributed by atoms with van der Waals surface area (Å²) in [6.45, 7) is 13.4. The standard InChI is InChI=1S/C23H32N2O6SSi/c1-22(2,3)33(5,6)31-12-11-23(4)17-13-18(26)24(17)19(21(27)28)20(23)32-14-15-7-9-16(10-8-15)25(29)30/h7-10,17H,11-14H2,1-6H3,(H,27,28)/t17-,23-/m1/s1. The number of amides is 1. The van der Waals surface area contributed by atoms with Gasteiger partial charge in [0.15, 0.2) is 8.32 Å². The zero-order chi connectivity index (χ0) is 24.8. The summed E-state index contributed by atoms with van der Waals surface area (Å²) in [6.07, 6.45) is 0.947. The first-order chi connectivity index (χ1) is 15.2. The van der Waals surface area contributed by atoms with Crippen LogP contribution in [0.2, 0.25) is 18.1 Å². The van der Waals surface area contributed by atoms with E-state index in [0.717, 1.165) is 5.56 Å². The number of carboxylic acid groups (broad SMARTS) is 1. The van der Waals surface area contributed by atoms with E-state index >= 15 is 0 Å². The van der Waals surface area contributed by atoms with E-state index in [4.69, 9.17) is 4.43 Å². The second-order valence-electron chi connectivity index (χ2n) is 10.5. The molecule has 0 radical (unpaired) electrons. The van der Waals surface area contributed by atoms with E-state index in [0.29, 0.717) is 30.1 Å². The highest BCUT2D eigenvalue weighted by atomic mass is 32.2. The summed E-state index contributed by atoms with van der Waals surface area (Å²) >= 11 is 1.40. The van der Waals surface area contributed by atoms with Gasteiger partial charge in [-0.3, -0.25) is 14.9 Å². The van der Waals surface area contributed by atoms with Crippen LogP contribution in [0.15, 0.2) is 34.9 Å². The van der Waals surface area contributed by atoms with Crippen molar-refractivity contribution >= 4 is 37.6 Å². The van der Waals surface area contributed by atoms with Crippen molar-refractivity contribution in [1.82, 2.24) is 4.90 Å². The zero-order valence-electron chi connectivity index (χ0n) is 20.0. The van der Waals surface area contributed by atoms with Crippen LogP contribution in [-0.4, -0.2) is 47.8 Å². The predicted molar refractivity (Wildman–Crippen MR) is 130 cm³/mol. The van der Waals surface area contributed by atoms with Gasteiger partial charge >= 0.3 is 5.97 Å². The zero-order valence-corrected chi connectivity index (χ0v) is 21.8. The first-order valence-electron chi connectivity index (χ1n) is 11.0. The summed E-state index contributed by atoms with van der Waals surface area (Å²) in [7, 11) is -1.97. The number of nitro groups is 1. The molecule has 0 spiro atoms. The van der Waals surface area contributed by atoms with Crippen LogP contribution in [0, 0.1) is 15.5 Å². The molecule has 1 fully saturated rings. The van der Waals surface area contributed by atoms with Gasteiger partial charge in [0.05, 0.1) is 11.0 Å². The average molecular weight is 493 g/mol. The summed E-state index contributed by atoms with van der Waals surface area (Å²) in [6, 6.07) is 6.07. The number of non-ortho nitro benzene ring substituents is 1. The molecule has 1 amide bonds. The maximum Gasteiger partial charge on any atom is 0.353 e. The Morgan fingerprint density at radius 2 is 1.94 bits per heavy atom. The highest BCUT2D eigenvalue weighted by molar-refractivity contribution is 8.02. The lowest BCUT2D eigenvalue weighted by Gasteiger charge is -2.44. The highest BCUT2D eigenvalue weighted by Gasteiger charge is 2.59. The Hall–Kier alpha value is -2.17. The third kappa shape index (κ3) is 4.74. The van der Waals surface area contributed by atoms with Gasteiger partial charge in [0.25, 0.3) is 5.69 Å². The molecule has 0 unspecified atom stereocenters. The minimum Gasteiger partial charge on any atom is -0.477 e. The predicted octanol–water partition coefficient (Wildman–Crippen LogP) is 5.16. The Morgan fingerprint density at radius 1 is 1.33 bits per heavy atom. The molecule has 0 bridgehead atoms. The fourth-order valence-corrected chi connectivity index (χ4v) is 6.50. The van der Waals surface area contributed by atoms with E-state index in [1.807, 2.05) is 6.92 Å². The number of carboxylic acids is 1. The van der Waals surface area contributed by atoms with Crippen LogP contribution < -0.4 is 0 Å². The molecule has 1 N–H and O–H groups in total. The minimum absolute atomic E-state index is 0.0115. The quantitative estimate of drug-likeness (QED) is 0.219. The Bertz CT molecular complexity index is 1000. The number of thioether (sulfide) groups is 1. The van der Waals surface area contributed by atoms with Gasteiger partial charge in [0, 0.05) is 41.2 Å². The van der Waals surface area contributed by atoms with Gasteiger partial charge in [-0.15, -0.1) is 11.8 Å². The van der Waals surface area contributed by atoms with Gasteiger partial charge in [0.2, 0.25) is 5.91 Å². The molecule has 2 aliphatic rings. The van der Waals surface area contributed by atoms with Crippen LogP contribution in [0.5, 0.6) is 0 Å². The highest BCUT2D eigenvalue weighted by Crippen LogP contribution is 2.57. The van der Waals surface area contributed by atoms with E-state index in [9.17, 15) is 24.8 Å². The molecule has 2 heterocycles. The topological polar surface area (TPSA) is 110 Å². The number of carbonyl (C=O) groups is 2. The number of rotatable bonds is 9. The smallest absolute Gasteiger partial charge is 0.353 e. The first kappa shape index (κ1) is 25.4. The first-order valence-corrected chi connectivity index (χ1v) is 14.9. The van der Waals surface area contributed by atoms with Gasteiger partial charge in [-0.1, -0.05) is 39.8 Å². The monoisotopic (exact) mass is 492 g/mol. The van der Waals surface area contributed by atoms with Crippen LogP contribution in [0.4, 0.5) is 5.69 Å². The molecule has 180 valence electrons. The average Bonchev–Trinajstić information content (AvgIpc) is 2.89. The lowest BCUT2D eigenvalue weighted by atomic mass is 9.76. The maximum atomic E-state index is 12.3. The molecule has 1 aromatic carbocycles. The largest absolute Gasteiger partial charge is 0.477 e. The number of carbonyl (C=O) groups excluding carboxylic acids is 1. The number of hydrogen-bond donors (Lipinski definition) is 1. The third-order valence-electron chi connectivity index (χ3n) is 7.28. The van der Waals surface area contributed by atoms with Gasteiger partial charge in [-0.2, -0.15) is 0 Å². The van der Waals surface area contributed by atoms with Crippen LogP contribution in [-0.2, 0) is 19.8 Å². The van der Waals surface area contributed by atoms with Crippen molar-refractivity contribution in [3.05, 3.63) is 50.5 Å². The molecule has 3 rings (SSSR count). The Labute approximate surface area is 199 Å². The SMILES string of the molecule is CC(C)(C)[Si](C)(C)OCC[C@@]1(C)C(SCc2ccc([N+](=O)[O-])cc2)=C(C(=O)O)N2C(=O)C[C@@H]21. The summed E-state index contributed by atoms with van der Waals surface area (Å²) in [4.78, 5) is 37.1. The van der Waals surface area contributed by atoms with Crippen LogP contribution in [0.25, 0.3) is 0 Å². The van der Waals surface area contributed by atoms with E-state index in [2.05, 4.69) is 33.9 Å². The van der Waals surface area contributed by atoms with Crippen molar-refractivity contribution in [3.63, 3.8) is 0 Å². The Kier molecular flexibility index (Phi) is 6.85. The lowest BCUT2D eigenvalue weighted by Crippen LogP contribution is -2.55. The molecule has 8 nitrogen and oxygen atoms in total. The van der Waals surface area contributed by atoms with E-state index in [1.165, 1.54) is 28.8 Å². The van der Waals surface area contributed by atoms with E-state index < -0.39 is 24.6 Å². The number of β-lactam (4-membered cyclic amide) rings is 1. The van der Waals surface area contributed by atoms with E-state index in [-0.39, 0.29) is 28.4 Å². The van der Waals surface area contributed by atoms with Crippen molar-refractivity contribution in [2.24, 2.45) is 5.41 Å². The Balaban J connectivity index is 1.84. The summed E-state index contributed by atoms with van der Waals surface area (Å²) in [5, 5.41) is 20.9. The molecule has 33 heavy (non-hydrogen) atoms. The second kappa shape index (κ2) is 8.88. The molecule has 0 aliphatic carbocycles. The van der Waals surface area contributed by atoms with Gasteiger partial charge < -0.3 is 14.4 Å². The van der Waals surface area contributed by atoms with Gasteiger partial charge in [-0.25, -0.2) is 4.79 Å². The van der Waals surface area contributed by atoms with Crippen LogP contribution >= 0.6 is 11.8 Å². The molecular weight excluding hydrogens is 460 g/mol. The fourth-order valence-electron chi connectivity index (χ4n) is 4.06. The molecule has 0 saturated carbocycles. The van der Waals surface area contributed by atoms with Crippen molar-refractivity contribution in [2.45, 2.75) is 70.5 Å². The fraction of sp³-hybridized carbons (Fsp3) is 0.565. The number of nitrogens with zero attached hydrogens (tertiary/aromatic N) is 2. The number of benzene rings is 1. The van der Waals surface area contributed by atoms with Crippen molar-refractivity contribution in [2.75, 3.05) is 6.61 Å². The molecule has 0 aromatic heterocycles. The second-order valence-corrected chi connectivity index (χ2v) is 16.2. The molecule has 1 aromatic rings. The normalized spacial score (nSPS) is 22.9. The molecule has 2 atom stereocenters. The Morgan fingerprint density at radius 3 is 2.42 bits per heavy atom. The summed E-state index contributed by atoms with van der Waals surface area (Å²) in [5.74, 6) is -0.814. The summed E-state index contributed by atoms with van der Waals surface area (Å²) < 4.78 is 6.39. The molecule has 2 aliphatic heterocycles. The summed E-state index contributed by atoms with van der Waals surface area (Å²) in [5.41, 5.74) is 0.411. The van der Waals surface area contributed by atoms with Crippen LogP contribution in [0.1, 0.15) is 46.1 Å². The number of fused-ring (bicyclic) bond motifs is 1. The number of hydrogen-bond acceptors (Lipinski definition) is 6. The van der Waals surface area contributed by atoms with Crippen molar-refractivity contribution in [1.29, 1.82) is 0 Å². The van der Waals surface area contributed by atoms with Gasteiger partial charge in [-0.05, 0) is 30.1 Å². The van der Waals surface area contributed by atoms with Crippen molar-refractivity contribution in [3.8, 4) is 0 Å². The van der Waals surface area contributed by atoms with Crippen LogP contribution in [0.3, 0.4) is 0 Å².